The van der Waals surface area contributed by atoms with Gasteiger partial charge in [-0.25, -0.2) is 4.79 Å². The number of unbranched alkanes of at least 4 members (excludes halogenated alkanes) is 7. The Hall–Kier alpha value is 0.387. The van der Waals surface area contributed by atoms with Crippen LogP contribution in [0.1, 0.15) is 57.8 Å². The highest BCUT2D eigenvalue weighted by Crippen LogP contribution is 2.28. The van der Waals surface area contributed by atoms with E-state index in [4.69, 9.17) is 4.74 Å². The summed E-state index contributed by atoms with van der Waals surface area (Å²) in [6.07, 6.45) is 12.4. The van der Waals surface area contributed by atoms with E-state index in [1.165, 1.54) is 51.0 Å². The lowest BCUT2D eigenvalue weighted by atomic mass is 10.1. The maximum Gasteiger partial charge on any atom is 0.330 e. The second-order valence-corrected chi connectivity index (χ2v) is 14.2. The van der Waals surface area contributed by atoms with Gasteiger partial charge in [0, 0.05) is 16.3 Å². The first kappa shape index (κ1) is 19.4. The summed E-state index contributed by atoms with van der Waals surface area (Å²) in [5, 5.41) is 0. The van der Waals surface area contributed by atoms with Crippen LogP contribution in [0.5, 0.6) is 0 Å². The van der Waals surface area contributed by atoms with Gasteiger partial charge < -0.3 is 4.74 Å². The Morgan fingerprint density at radius 2 is 1.53 bits per heavy atom. The van der Waals surface area contributed by atoms with Crippen molar-refractivity contribution in [1.82, 2.24) is 0 Å². The van der Waals surface area contributed by atoms with Gasteiger partial charge in [-0.2, -0.15) is 0 Å². The summed E-state index contributed by atoms with van der Waals surface area (Å²) in [6.45, 7) is 3.89. The molecule has 0 aliphatic carbocycles. The van der Waals surface area contributed by atoms with Gasteiger partial charge in [-0.3, -0.25) is 0 Å². The van der Waals surface area contributed by atoms with Crippen molar-refractivity contribution in [2.24, 2.45) is 0 Å². The van der Waals surface area contributed by atoms with Gasteiger partial charge in [-0.1, -0.05) is 83.4 Å². The predicted molar refractivity (Wildman–Crippen MR) is 93.2 cm³/mol. The standard InChI is InChI=1S/C14H26Br2O2Si/c1-2-13(17)18-12-10-8-6-4-3-5-7-9-11-14(15,16)19/h2H,1,3-12H2,19H3. The zero-order valence-electron chi connectivity index (χ0n) is 11.9. The van der Waals surface area contributed by atoms with Crippen LogP contribution in [0.4, 0.5) is 0 Å². The third-order valence-electron chi connectivity index (χ3n) is 2.92. The maximum atomic E-state index is 10.8. The molecule has 0 fully saturated rings. The minimum absolute atomic E-state index is 0.253. The largest absolute Gasteiger partial charge is 0.463 e. The molecule has 2 nitrogen and oxygen atoms in total. The highest BCUT2D eigenvalue weighted by Gasteiger charge is 2.13. The fourth-order valence-electron chi connectivity index (χ4n) is 1.83. The van der Waals surface area contributed by atoms with Crippen molar-refractivity contribution in [1.29, 1.82) is 0 Å². The number of alkyl halides is 2. The maximum absolute atomic E-state index is 10.8. The Labute approximate surface area is 137 Å². The summed E-state index contributed by atoms with van der Waals surface area (Å²) in [6, 6.07) is 0. The molecule has 0 radical (unpaired) electrons. The van der Waals surface area contributed by atoms with E-state index >= 15 is 0 Å². The lowest BCUT2D eigenvalue weighted by molar-refractivity contribution is -0.137. The quantitative estimate of drug-likeness (QED) is 0.159. The smallest absolute Gasteiger partial charge is 0.330 e. The molecule has 112 valence electrons. The molecule has 0 saturated heterocycles. The summed E-state index contributed by atoms with van der Waals surface area (Å²) >= 11 is 7.30. The summed E-state index contributed by atoms with van der Waals surface area (Å²) in [5.74, 6) is -0.311. The van der Waals surface area contributed by atoms with E-state index in [1.54, 1.807) is 0 Å². The number of hydrogen-bond acceptors (Lipinski definition) is 2. The average Bonchev–Trinajstić information content (AvgIpc) is 2.34. The topological polar surface area (TPSA) is 26.3 Å². The molecular formula is C14H26Br2O2Si. The molecule has 0 heterocycles. The van der Waals surface area contributed by atoms with Crippen molar-refractivity contribution < 1.29 is 9.53 Å². The van der Waals surface area contributed by atoms with E-state index in [0.717, 1.165) is 23.1 Å². The van der Waals surface area contributed by atoms with Crippen molar-refractivity contribution in [3.05, 3.63) is 12.7 Å². The number of esters is 1. The summed E-state index contributed by atoms with van der Waals surface area (Å²) in [5.41, 5.74) is 0. The normalized spacial score (nSPS) is 11.5. The van der Waals surface area contributed by atoms with Crippen LogP contribution in [0.15, 0.2) is 12.7 Å². The van der Waals surface area contributed by atoms with Gasteiger partial charge in [0.25, 0.3) is 0 Å². The molecule has 0 amide bonds. The molecule has 0 bridgehead atoms. The number of rotatable bonds is 12. The Morgan fingerprint density at radius 1 is 1.05 bits per heavy atom. The predicted octanol–water partition coefficient (Wildman–Crippen LogP) is 4.04. The summed E-state index contributed by atoms with van der Waals surface area (Å²) in [4.78, 5) is 10.8. The van der Waals surface area contributed by atoms with Crippen LogP contribution in [0.3, 0.4) is 0 Å². The summed E-state index contributed by atoms with van der Waals surface area (Å²) < 4.78 is 5.17. The molecular weight excluding hydrogens is 388 g/mol. The van der Waals surface area contributed by atoms with E-state index in [-0.39, 0.29) is 8.83 Å². The number of halogens is 2. The first-order valence-electron chi connectivity index (χ1n) is 7.13. The van der Waals surface area contributed by atoms with Crippen LogP contribution in [-0.4, -0.2) is 25.7 Å². The molecule has 0 saturated carbocycles. The van der Waals surface area contributed by atoms with Crippen molar-refractivity contribution in [2.75, 3.05) is 6.61 Å². The van der Waals surface area contributed by atoms with Crippen molar-refractivity contribution in [3.8, 4) is 0 Å². The molecule has 19 heavy (non-hydrogen) atoms. The van der Waals surface area contributed by atoms with Crippen LogP contribution in [0, 0.1) is 0 Å². The van der Waals surface area contributed by atoms with Gasteiger partial charge in [0.05, 0.1) is 9.46 Å². The van der Waals surface area contributed by atoms with Gasteiger partial charge in [-0.15, -0.1) is 0 Å². The van der Waals surface area contributed by atoms with Gasteiger partial charge >= 0.3 is 5.97 Å². The lowest BCUT2D eigenvalue weighted by Crippen LogP contribution is -2.09. The van der Waals surface area contributed by atoms with E-state index in [0.29, 0.717) is 6.61 Å². The molecule has 0 aromatic heterocycles. The van der Waals surface area contributed by atoms with E-state index in [9.17, 15) is 4.79 Å². The minimum Gasteiger partial charge on any atom is -0.463 e. The number of carbonyl (C=O) groups is 1. The Morgan fingerprint density at radius 3 is 2.00 bits per heavy atom. The van der Waals surface area contributed by atoms with E-state index < -0.39 is 0 Å². The lowest BCUT2D eigenvalue weighted by Gasteiger charge is -2.13. The van der Waals surface area contributed by atoms with Crippen LogP contribution in [-0.2, 0) is 9.53 Å². The molecule has 0 rings (SSSR count). The minimum atomic E-state index is -0.311. The Balaban J connectivity index is 3.11. The Kier molecular flexibility index (Phi) is 12.4. The van der Waals surface area contributed by atoms with Crippen molar-refractivity contribution in [2.45, 2.75) is 60.6 Å². The zero-order chi connectivity index (χ0) is 14.6. The van der Waals surface area contributed by atoms with Gasteiger partial charge in [0.2, 0.25) is 0 Å². The van der Waals surface area contributed by atoms with Crippen molar-refractivity contribution in [3.63, 3.8) is 0 Å². The number of hydrogen-bond donors (Lipinski definition) is 0. The molecule has 0 aromatic carbocycles. The van der Waals surface area contributed by atoms with Crippen LogP contribution >= 0.6 is 31.9 Å². The van der Waals surface area contributed by atoms with Crippen LogP contribution in [0.2, 0.25) is 0 Å². The first-order valence-corrected chi connectivity index (χ1v) is 9.71. The van der Waals surface area contributed by atoms with Crippen LogP contribution in [0.25, 0.3) is 0 Å². The van der Waals surface area contributed by atoms with E-state index in [2.05, 4.69) is 38.4 Å². The first-order chi connectivity index (χ1) is 8.95. The number of carbonyl (C=O) groups excluding carboxylic acids is 1. The van der Waals surface area contributed by atoms with Crippen molar-refractivity contribution >= 4 is 48.1 Å². The molecule has 0 aliphatic heterocycles. The molecule has 0 aliphatic rings. The monoisotopic (exact) mass is 412 g/mol. The van der Waals surface area contributed by atoms with Gasteiger partial charge in [0.15, 0.2) is 0 Å². The second-order valence-electron chi connectivity index (χ2n) is 5.02. The Bertz CT molecular complexity index is 252. The molecule has 0 aromatic rings. The van der Waals surface area contributed by atoms with Crippen LogP contribution < -0.4 is 0 Å². The molecule has 0 N–H and O–H groups in total. The molecule has 0 unspecified atom stereocenters. The van der Waals surface area contributed by atoms with Gasteiger partial charge in [-0.05, 0) is 12.8 Å². The number of ether oxygens (including phenoxy) is 1. The SMILES string of the molecule is C=CC(=O)OCCCCCCCCCCC([SiH3])(Br)Br. The molecule has 0 spiro atoms. The fraction of sp³-hybridized carbons (Fsp3) is 0.786. The fourth-order valence-corrected chi connectivity index (χ4v) is 2.74. The summed E-state index contributed by atoms with van der Waals surface area (Å²) in [7, 11) is 1.14. The highest BCUT2D eigenvalue weighted by atomic mass is 79.9. The third kappa shape index (κ3) is 16.3. The molecule has 0 atom stereocenters. The highest BCUT2D eigenvalue weighted by molar-refractivity contribution is 9.26. The average molecular weight is 414 g/mol. The second kappa shape index (κ2) is 12.2. The van der Waals surface area contributed by atoms with Gasteiger partial charge in [0.1, 0.15) is 0 Å². The third-order valence-corrected chi connectivity index (χ3v) is 4.21. The molecule has 5 heteroatoms. The van der Waals surface area contributed by atoms with E-state index in [1.807, 2.05) is 0 Å². The zero-order valence-corrected chi connectivity index (χ0v) is 17.1.